The molecule has 1 aromatic heterocycles. The number of hydrogen-bond acceptors (Lipinski definition) is 2. The van der Waals surface area contributed by atoms with Gasteiger partial charge in [-0.15, -0.1) is 0 Å². The minimum atomic E-state index is 0.0862. The van der Waals surface area contributed by atoms with Crippen LogP contribution in [-0.4, -0.2) is 11.1 Å². The fourth-order valence-electron chi connectivity index (χ4n) is 2.34. The summed E-state index contributed by atoms with van der Waals surface area (Å²) in [7, 11) is 0. The van der Waals surface area contributed by atoms with Crippen LogP contribution in [0, 0.1) is 0 Å². The molecule has 0 radical (unpaired) electrons. The van der Waals surface area contributed by atoms with E-state index in [1.54, 1.807) is 6.07 Å². The molecule has 1 aliphatic rings. The first-order valence-electron chi connectivity index (χ1n) is 5.89. The lowest BCUT2D eigenvalue weighted by molar-refractivity contribution is 0.577. The first kappa shape index (κ1) is 10.1. The Labute approximate surface area is 99.9 Å². The molecule has 17 heavy (non-hydrogen) atoms. The van der Waals surface area contributed by atoms with Gasteiger partial charge in [0.1, 0.15) is 5.82 Å². The highest BCUT2D eigenvalue weighted by atomic mass is 16.1. The van der Waals surface area contributed by atoms with Crippen LogP contribution < -0.4 is 10.5 Å². The number of para-hydroxylation sites is 1. The van der Waals surface area contributed by atoms with E-state index in [4.69, 9.17) is 0 Å². The van der Waals surface area contributed by atoms with Crippen molar-refractivity contribution >= 4 is 11.5 Å². The highest BCUT2D eigenvalue weighted by molar-refractivity contribution is 5.60. The van der Waals surface area contributed by atoms with Crippen molar-refractivity contribution in [3.63, 3.8) is 0 Å². The summed E-state index contributed by atoms with van der Waals surface area (Å²) < 4.78 is 1.84. The third-order valence-electron chi connectivity index (χ3n) is 3.13. The molecule has 0 saturated carbocycles. The van der Waals surface area contributed by atoms with Crippen molar-refractivity contribution in [1.82, 2.24) is 4.57 Å². The van der Waals surface area contributed by atoms with E-state index in [2.05, 4.69) is 17.0 Å². The molecule has 0 aliphatic carbocycles. The Kier molecular flexibility index (Phi) is 2.44. The Morgan fingerprint density at radius 3 is 2.53 bits per heavy atom. The van der Waals surface area contributed by atoms with Gasteiger partial charge in [-0.1, -0.05) is 24.3 Å². The van der Waals surface area contributed by atoms with Crippen LogP contribution in [0.4, 0.5) is 11.5 Å². The maximum absolute atomic E-state index is 11.8. The van der Waals surface area contributed by atoms with E-state index in [0.717, 1.165) is 31.0 Å². The van der Waals surface area contributed by atoms with Gasteiger partial charge in [-0.05, 0) is 24.6 Å². The molecule has 0 spiro atoms. The lowest BCUT2D eigenvalue weighted by Crippen LogP contribution is -2.34. The number of fused-ring (bicyclic) bond motifs is 1. The zero-order chi connectivity index (χ0) is 11.7. The van der Waals surface area contributed by atoms with Crippen molar-refractivity contribution in [3.05, 3.63) is 58.9 Å². The second-order valence-corrected chi connectivity index (χ2v) is 4.21. The molecule has 0 unspecified atom stereocenters. The minimum absolute atomic E-state index is 0.0862. The Hall–Kier alpha value is -2.03. The SMILES string of the molecule is O=c1cccc2n1CCCN2c1ccccc1. The van der Waals surface area contributed by atoms with Gasteiger partial charge in [0.25, 0.3) is 5.56 Å². The molecule has 3 rings (SSSR count). The summed E-state index contributed by atoms with van der Waals surface area (Å²) in [4.78, 5) is 14.0. The monoisotopic (exact) mass is 226 g/mol. The minimum Gasteiger partial charge on any atom is -0.328 e. The van der Waals surface area contributed by atoms with E-state index >= 15 is 0 Å². The highest BCUT2D eigenvalue weighted by Crippen LogP contribution is 2.27. The quantitative estimate of drug-likeness (QED) is 0.746. The Morgan fingerprint density at radius 2 is 1.71 bits per heavy atom. The van der Waals surface area contributed by atoms with Crippen molar-refractivity contribution < 1.29 is 0 Å². The van der Waals surface area contributed by atoms with Crippen molar-refractivity contribution in [3.8, 4) is 0 Å². The molecule has 0 saturated heterocycles. The molecule has 0 bridgehead atoms. The van der Waals surface area contributed by atoms with Crippen LogP contribution in [0.3, 0.4) is 0 Å². The van der Waals surface area contributed by atoms with Gasteiger partial charge < -0.3 is 4.90 Å². The van der Waals surface area contributed by atoms with Gasteiger partial charge in [-0.2, -0.15) is 0 Å². The average Bonchev–Trinajstić information content (AvgIpc) is 2.40. The van der Waals surface area contributed by atoms with Crippen molar-refractivity contribution in [2.75, 3.05) is 11.4 Å². The van der Waals surface area contributed by atoms with Crippen LogP contribution in [0.15, 0.2) is 53.3 Å². The predicted molar refractivity (Wildman–Crippen MR) is 68.8 cm³/mol. The van der Waals surface area contributed by atoms with E-state index in [1.165, 1.54) is 0 Å². The van der Waals surface area contributed by atoms with Gasteiger partial charge in [-0.3, -0.25) is 9.36 Å². The third-order valence-corrected chi connectivity index (χ3v) is 3.13. The van der Waals surface area contributed by atoms with Crippen molar-refractivity contribution in [2.45, 2.75) is 13.0 Å². The largest absolute Gasteiger partial charge is 0.328 e. The highest BCUT2D eigenvalue weighted by Gasteiger charge is 2.17. The van der Waals surface area contributed by atoms with E-state index in [-0.39, 0.29) is 5.56 Å². The fraction of sp³-hybridized carbons (Fsp3) is 0.214. The van der Waals surface area contributed by atoms with Gasteiger partial charge in [0, 0.05) is 24.8 Å². The Morgan fingerprint density at radius 1 is 0.882 bits per heavy atom. The zero-order valence-electron chi connectivity index (χ0n) is 9.54. The number of hydrogen-bond donors (Lipinski definition) is 0. The van der Waals surface area contributed by atoms with Crippen molar-refractivity contribution in [1.29, 1.82) is 0 Å². The second-order valence-electron chi connectivity index (χ2n) is 4.21. The van der Waals surface area contributed by atoms with Gasteiger partial charge in [0.2, 0.25) is 0 Å². The van der Waals surface area contributed by atoms with Crippen LogP contribution in [0.5, 0.6) is 0 Å². The number of nitrogens with zero attached hydrogens (tertiary/aromatic N) is 2. The molecule has 0 amide bonds. The topological polar surface area (TPSA) is 25.2 Å². The van der Waals surface area contributed by atoms with Crippen LogP contribution >= 0.6 is 0 Å². The standard InChI is InChI=1S/C14H14N2O/c17-14-9-4-8-13-15(10-5-11-16(13)14)12-6-2-1-3-7-12/h1-4,6-9H,5,10-11H2. The molecule has 3 nitrogen and oxygen atoms in total. The van der Waals surface area contributed by atoms with E-state index in [9.17, 15) is 4.79 Å². The second kappa shape index (κ2) is 4.09. The number of rotatable bonds is 1. The summed E-state index contributed by atoms with van der Waals surface area (Å²) in [5, 5.41) is 0. The molecular weight excluding hydrogens is 212 g/mol. The fourth-order valence-corrected chi connectivity index (χ4v) is 2.34. The summed E-state index contributed by atoms with van der Waals surface area (Å²) in [5.74, 6) is 0.995. The van der Waals surface area contributed by atoms with E-state index in [0.29, 0.717) is 0 Å². The van der Waals surface area contributed by atoms with Gasteiger partial charge in [0.15, 0.2) is 0 Å². The molecule has 1 aliphatic heterocycles. The van der Waals surface area contributed by atoms with Crippen LogP contribution in [-0.2, 0) is 6.54 Å². The molecule has 1 aromatic carbocycles. The molecule has 0 fully saturated rings. The van der Waals surface area contributed by atoms with Crippen LogP contribution in [0.1, 0.15) is 6.42 Å². The summed E-state index contributed by atoms with van der Waals surface area (Å²) in [6.07, 6.45) is 1.01. The van der Waals surface area contributed by atoms with Crippen molar-refractivity contribution in [2.24, 2.45) is 0 Å². The summed E-state index contributed by atoms with van der Waals surface area (Å²) >= 11 is 0. The summed E-state index contributed by atoms with van der Waals surface area (Å²) in [6, 6.07) is 15.7. The summed E-state index contributed by atoms with van der Waals surface area (Å²) in [5.41, 5.74) is 1.23. The maximum Gasteiger partial charge on any atom is 0.252 e. The first-order valence-corrected chi connectivity index (χ1v) is 5.89. The average molecular weight is 226 g/mol. The Balaban J connectivity index is 2.12. The predicted octanol–water partition coefficient (Wildman–Crippen LogP) is 2.39. The van der Waals surface area contributed by atoms with Crippen LogP contribution in [0.25, 0.3) is 0 Å². The maximum atomic E-state index is 11.8. The normalized spacial score (nSPS) is 14.5. The number of pyridine rings is 1. The van der Waals surface area contributed by atoms with E-state index in [1.807, 2.05) is 34.9 Å². The molecule has 86 valence electrons. The van der Waals surface area contributed by atoms with Gasteiger partial charge in [0.05, 0.1) is 0 Å². The van der Waals surface area contributed by atoms with E-state index < -0.39 is 0 Å². The molecule has 2 heterocycles. The van der Waals surface area contributed by atoms with Crippen LogP contribution in [0.2, 0.25) is 0 Å². The molecular formula is C14H14N2O. The smallest absolute Gasteiger partial charge is 0.252 e. The number of aromatic nitrogens is 1. The zero-order valence-corrected chi connectivity index (χ0v) is 9.54. The first-order chi connectivity index (χ1) is 8.36. The number of anilines is 2. The molecule has 3 heteroatoms. The third kappa shape index (κ3) is 1.73. The molecule has 0 atom stereocenters. The van der Waals surface area contributed by atoms with Gasteiger partial charge >= 0.3 is 0 Å². The molecule has 0 N–H and O–H groups in total. The number of benzene rings is 1. The molecule has 2 aromatic rings. The summed E-state index contributed by atoms with van der Waals surface area (Å²) in [6.45, 7) is 1.78. The lowest BCUT2D eigenvalue weighted by atomic mass is 10.2. The van der Waals surface area contributed by atoms with Gasteiger partial charge in [-0.25, -0.2) is 0 Å². The lowest BCUT2D eigenvalue weighted by Gasteiger charge is -2.31. The Bertz CT molecular complexity index is 574.